The van der Waals surface area contributed by atoms with E-state index in [0.717, 1.165) is 77.0 Å². The molecule has 8 nitrogen and oxygen atoms in total. The molecular formula is C22H36N6O2. The number of morpholine rings is 1. The van der Waals surface area contributed by atoms with Gasteiger partial charge in [-0.05, 0) is 50.9 Å². The fourth-order valence-corrected chi connectivity index (χ4v) is 4.66. The Morgan fingerprint density at radius 1 is 0.900 bits per heavy atom. The molecule has 3 saturated heterocycles. The van der Waals surface area contributed by atoms with Gasteiger partial charge in [-0.3, -0.25) is 4.79 Å². The van der Waals surface area contributed by atoms with Gasteiger partial charge < -0.3 is 24.8 Å². The molecule has 4 heterocycles. The Balaban J connectivity index is 1.18. The van der Waals surface area contributed by atoms with Crippen molar-refractivity contribution in [3.8, 4) is 0 Å². The highest BCUT2D eigenvalue weighted by Crippen LogP contribution is 2.23. The second-order valence-corrected chi connectivity index (χ2v) is 8.66. The van der Waals surface area contributed by atoms with Gasteiger partial charge in [0, 0.05) is 45.2 Å². The molecule has 3 aliphatic rings. The molecule has 30 heavy (non-hydrogen) atoms. The molecule has 0 aliphatic carbocycles. The third kappa shape index (κ3) is 5.82. The van der Waals surface area contributed by atoms with Gasteiger partial charge in [-0.1, -0.05) is 12.8 Å². The molecule has 1 amide bonds. The smallest absolute Gasteiger partial charge is 0.223 e. The van der Waals surface area contributed by atoms with Gasteiger partial charge in [-0.15, -0.1) is 10.2 Å². The first-order chi connectivity index (χ1) is 14.8. The Bertz CT molecular complexity index is 648. The fraction of sp³-hybridized carbons (Fsp3) is 0.773. The first-order valence-electron chi connectivity index (χ1n) is 11.7. The van der Waals surface area contributed by atoms with Crippen molar-refractivity contribution in [1.29, 1.82) is 0 Å². The number of ether oxygens (including phenoxy) is 1. The zero-order chi connectivity index (χ0) is 20.6. The predicted octanol–water partition coefficient (Wildman–Crippen LogP) is 1.52. The number of likely N-dealkylation sites (tertiary alicyclic amines) is 1. The van der Waals surface area contributed by atoms with Gasteiger partial charge in [0.1, 0.15) is 0 Å². The zero-order valence-electron chi connectivity index (χ0n) is 18.1. The molecular weight excluding hydrogens is 380 g/mol. The molecule has 0 atom stereocenters. The summed E-state index contributed by atoms with van der Waals surface area (Å²) in [5.74, 6) is 2.16. The van der Waals surface area contributed by atoms with E-state index in [4.69, 9.17) is 4.74 Å². The molecule has 8 heteroatoms. The van der Waals surface area contributed by atoms with Crippen LogP contribution in [0.3, 0.4) is 0 Å². The third-order valence-corrected chi connectivity index (χ3v) is 6.59. The van der Waals surface area contributed by atoms with Crippen molar-refractivity contribution in [2.24, 2.45) is 5.92 Å². The summed E-state index contributed by atoms with van der Waals surface area (Å²) in [6.45, 7) is 9.06. The molecule has 0 radical (unpaired) electrons. The number of rotatable bonds is 6. The number of aromatic nitrogens is 2. The molecule has 0 bridgehead atoms. The number of carbonyl (C=O) groups is 1. The molecule has 4 rings (SSSR count). The molecule has 1 aromatic heterocycles. The van der Waals surface area contributed by atoms with E-state index in [1.807, 2.05) is 0 Å². The fourth-order valence-electron chi connectivity index (χ4n) is 4.66. The van der Waals surface area contributed by atoms with Crippen LogP contribution in [0.15, 0.2) is 12.1 Å². The highest BCUT2D eigenvalue weighted by atomic mass is 16.5. The Hall–Kier alpha value is -1.93. The van der Waals surface area contributed by atoms with Gasteiger partial charge in [0.25, 0.3) is 0 Å². The lowest BCUT2D eigenvalue weighted by molar-refractivity contribution is -0.125. The third-order valence-electron chi connectivity index (χ3n) is 6.59. The Labute approximate surface area is 179 Å². The summed E-state index contributed by atoms with van der Waals surface area (Å²) in [5, 5.41) is 12.0. The van der Waals surface area contributed by atoms with E-state index in [0.29, 0.717) is 0 Å². The molecule has 3 fully saturated rings. The van der Waals surface area contributed by atoms with E-state index >= 15 is 0 Å². The SMILES string of the molecule is O=C(NCCN1CCCCCC1)C1CCN(c2ccc(N3CCOCC3)nn2)CC1. The van der Waals surface area contributed by atoms with Gasteiger partial charge in [0.2, 0.25) is 5.91 Å². The van der Waals surface area contributed by atoms with E-state index in [9.17, 15) is 4.79 Å². The molecule has 0 saturated carbocycles. The van der Waals surface area contributed by atoms with Crippen molar-refractivity contribution in [3.05, 3.63) is 12.1 Å². The van der Waals surface area contributed by atoms with Crippen LogP contribution >= 0.6 is 0 Å². The summed E-state index contributed by atoms with van der Waals surface area (Å²) in [6.07, 6.45) is 7.04. The lowest BCUT2D eigenvalue weighted by Gasteiger charge is -2.32. The van der Waals surface area contributed by atoms with Crippen LogP contribution in [-0.4, -0.2) is 86.6 Å². The van der Waals surface area contributed by atoms with Crippen molar-refractivity contribution < 1.29 is 9.53 Å². The van der Waals surface area contributed by atoms with Gasteiger partial charge in [0.15, 0.2) is 11.6 Å². The van der Waals surface area contributed by atoms with Crippen LogP contribution < -0.4 is 15.1 Å². The van der Waals surface area contributed by atoms with Crippen molar-refractivity contribution in [2.45, 2.75) is 38.5 Å². The quantitative estimate of drug-likeness (QED) is 0.754. The van der Waals surface area contributed by atoms with Gasteiger partial charge >= 0.3 is 0 Å². The first-order valence-corrected chi connectivity index (χ1v) is 11.7. The second kappa shape index (κ2) is 10.9. The van der Waals surface area contributed by atoms with Gasteiger partial charge in [0.05, 0.1) is 13.2 Å². The molecule has 1 N–H and O–H groups in total. The predicted molar refractivity (Wildman–Crippen MR) is 118 cm³/mol. The molecule has 0 unspecified atom stereocenters. The molecule has 3 aliphatic heterocycles. The highest BCUT2D eigenvalue weighted by molar-refractivity contribution is 5.79. The Morgan fingerprint density at radius 2 is 1.50 bits per heavy atom. The average molecular weight is 417 g/mol. The summed E-state index contributed by atoms with van der Waals surface area (Å²) in [4.78, 5) is 19.5. The lowest BCUT2D eigenvalue weighted by atomic mass is 9.96. The van der Waals surface area contributed by atoms with Crippen LogP contribution in [0.1, 0.15) is 38.5 Å². The number of anilines is 2. The topological polar surface area (TPSA) is 73.8 Å². The van der Waals surface area contributed by atoms with Crippen LogP contribution in [0, 0.1) is 5.92 Å². The van der Waals surface area contributed by atoms with Crippen molar-refractivity contribution >= 4 is 17.5 Å². The molecule has 1 aromatic rings. The van der Waals surface area contributed by atoms with Crippen LogP contribution in [0.4, 0.5) is 11.6 Å². The normalized spacial score (nSPS) is 22.0. The Morgan fingerprint density at radius 3 is 2.10 bits per heavy atom. The number of hydrogen-bond donors (Lipinski definition) is 1. The summed E-state index contributed by atoms with van der Waals surface area (Å²) in [6, 6.07) is 4.11. The number of piperidine rings is 1. The van der Waals surface area contributed by atoms with Crippen LogP contribution in [0.5, 0.6) is 0 Å². The number of hydrogen-bond acceptors (Lipinski definition) is 7. The van der Waals surface area contributed by atoms with Crippen molar-refractivity contribution in [1.82, 2.24) is 20.4 Å². The minimum atomic E-state index is 0.117. The largest absolute Gasteiger partial charge is 0.378 e. The summed E-state index contributed by atoms with van der Waals surface area (Å²) in [5.41, 5.74) is 0. The summed E-state index contributed by atoms with van der Waals surface area (Å²) >= 11 is 0. The molecule has 166 valence electrons. The maximum Gasteiger partial charge on any atom is 0.223 e. The van der Waals surface area contributed by atoms with Crippen LogP contribution in [0.2, 0.25) is 0 Å². The lowest BCUT2D eigenvalue weighted by Crippen LogP contribution is -2.43. The maximum atomic E-state index is 12.6. The van der Waals surface area contributed by atoms with Crippen LogP contribution in [-0.2, 0) is 9.53 Å². The Kier molecular flexibility index (Phi) is 7.75. The van der Waals surface area contributed by atoms with E-state index in [1.54, 1.807) is 0 Å². The standard InChI is InChI=1S/C22H36N6O2/c29-22(23-9-14-26-10-3-1-2-4-11-26)19-7-12-27(13-8-19)20-5-6-21(25-24-20)28-15-17-30-18-16-28/h5-6,19H,1-4,7-18H2,(H,23,29). The van der Waals surface area contributed by atoms with E-state index in [-0.39, 0.29) is 11.8 Å². The number of nitrogens with one attached hydrogen (secondary N) is 1. The highest BCUT2D eigenvalue weighted by Gasteiger charge is 2.26. The van der Waals surface area contributed by atoms with Crippen LogP contribution in [0.25, 0.3) is 0 Å². The maximum absolute atomic E-state index is 12.6. The number of nitrogens with zero attached hydrogens (tertiary/aromatic N) is 5. The van der Waals surface area contributed by atoms with Gasteiger partial charge in [-0.25, -0.2) is 0 Å². The van der Waals surface area contributed by atoms with Gasteiger partial charge in [-0.2, -0.15) is 0 Å². The average Bonchev–Trinajstić information content (AvgIpc) is 3.09. The molecule has 0 spiro atoms. The second-order valence-electron chi connectivity index (χ2n) is 8.66. The van der Waals surface area contributed by atoms with E-state index < -0.39 is 0 Å². The molecule has 0 aromatic carbocycles. The summed E-state index contributed by atoms with van der Waals surface area (Å²) in [7, 11) is 0. The van der Waals surface area contributed by atoms with Crippen molar-refractivity contribution in [2.75, 3.05) is 75.4 Å². The summed E-state index contributed by atoms with van der Waals surface area (Å²) < 4.78 is 5.40. The monoisotopic (exact) mass is 416 g/mol. The number of amides is 1. The minimum Gasteiger partial charge on any atom is -0.378 e. The first kappa shape index (κ1) is 21.3. The minimum absolute atomic E-state index is 0.117. The zero-order valence-corrected chi connectivity index (χ0v) is 18.1. The van der Waals surface area contributed by atoms with Crippen molar-refractivity contribution in [3.63, 3.8) is 0 Å². The van der Waals surface area contributed by atoms with E-state index in [1.165, 1.54) is 38.8 Å². The number of carbonyl (C=O) groups excluding carboxylic acids is 1. The van der Waals surface area contributed by atoms with E-state index in [2.05, 4.69) is 42.3 Å².